The third kappa shape index (κ3) is 4.02. The highest BCUT2D eigenvalue weighted by atomic mass is 16.6. The molecular formula is C29H42O5. The summed E-state index contributed by atoms with van der Waals surface area (Å²) in [5, 5.41) is 0. The Hall–Kier alpha value is -1.75. The van der Waals surface area contributed by atoms with Crippen LogP contribution in [0, 0.1) is 34.5 Å². The van der Waals surface area contributed by atoms with Gasteiger partial charge in [-0.15, -0.1) is 0 Å². The zero-order chi connectivity index (χ0) is 24.9. The first-order chi connectivity index (χ1) is 16.0. The molecule has 1 spiro atoms. The van der Waals surface area contributed by atoms with Crippen LogP contribution in [-0.2, 0) is 23.9 Å². The van der Waals surface area contributed by atoms with Crippen molar-refractivity contribution in [2.45, 2.75) is 104 Å². The molecule has 0 aromatic heterocycles. The number of hydrogen-bond acceptors (Lipinski definition) is 5. The Kier molecular flexibility index (Phi) is 6.74. The molecule has 3 aliphatic carbocycles. The van der Waals surface area contributed by atoms with Crippen molar-refractivity contribution in [3.63, 3.8) is 0 Å². The van der Waals surface area contributed by atoms with Crippen LogP contribution in [-0.4, -0.2) is 35.8 Å². The number of ether oxygens (including phenoxy) is 2. The average molecular weight is 471 g/mol. The normalized spacial score (nSPS) is 42.2. The van der Waals surface area contributed by atoms with Gasteiger partial charge < -0.3 is 14.3 Å². The molecule has 4 aliphatic rings. The standard InChI is InChI=1S/C29H42O5/c1-18(2)8-7-9-19(3)23-10-11-24(27(23,5)14-15-30)22-16-25-29(34-25)17-21(33-20(4)31)12-13-28(29,6)26(22)32/h7,9,15-16,18-19,21,23-25H,8,10-14,17H2,1-6H3/b9-7+/t19-,21+,23-,24+,25+,27-,28-,29+/m1/s1. The molecule has 34 heavy (non-hydrogen) atoms. The quantitative estimate of drug-likeness (QED) is 0.199. The van der Waals surface area contributed by atoms with E-state index in [1.54, 1.807) is 0 Å². The van der Waals surface area contributed by atoms with Gasteiger partial charge in [0.25, 0.3) is 0 Å². The Balaban J connectivity index is 1.59. The predicted octanol–water partition coefficient (Wildman–Crippen LogP) is 5.61. The lowest BCUT2D eigenvalue weighted by Crippen LogP contribution is -2.54. The van der Waals surface area contributed by atoms with Crippen LogP contribution >= 0.6 is 0 Å². The summed E-state index contributed by atoms with van der Waals surface area (Å²) >= 11 is 0. The van der Waals surface area contributed by atoms with E-state index in [0.717, 1.165) is 31.1 Å². The van der Waals surface area contributed by atoms with Gasteiger partial charge in [0.15, 0.2) is 5.78 Å². The molecule has 2 saturated carbocycles. The topological polar surface area (TPSA) is 73.0 Å². The average Bonchev–Trinajstić information content (AvgIpc) is 3.34. The number of rotatable bonds is 8. The van der Waals surface area contributed by atoms with Gasteiger partial charge in [-0.2, -0.15) is 0 Å². The second-order valence-corrected chi connectivity index (χ2v) is 12.2. The summed E-state index contributed by atoms with van der Waals surface area (Å²) < 4.78 is 11.7. The number of ketones is 1. The number of carbonyl (C=O) groups excluding carboxylic acids is 3. The second-order valence-electron chi connectivity index (χ2n) is 12.2. The number of epoxide rings is 1. The summed E-state index contributed by atoms with van der Waals surface area (Å²) in [5.74, 6) is 1.33. The Morgan fingerprint density at radius 3 is 2.62 bits per heavy atom. The van der Waals surface area contributed by atoms with E-state index in [9.17, 15) is 14.4 Å². The molecular weight excluding hydrogens is 428 g/mol. The highest BCUT2D eigenvalue weighted by molar-refractivity contribution is 6.03. The molecule has 5 nitrogen and oxygen atoms in total. The summed E-state index contributed by atoms with van der Waals surface area (Å²) in [6.45, 7) is 12.4. The van der Waals surface area contributed by atoms with E-state index in [4.69, 9.17) is 9.47 Å². The van der Waals surface area contributed by atoms with Crippen molar-refractivity contribution in [1.29, 1.82) is 0 Å². The lowest BCUT2D eigenvalue weighted by Gasteiger charge is -2.46. The third-order valence-corrected chi connectivity index (χ3v) is 9.59. The number of allylic oxidation sites excluding steroid dienone is 3. The molecule has 1 saturated heterocycles. The van der Waals surface area contributed by atoms with E-state index in [2.05, 4.69) is 45.9 Å². The van der Waals surface area contributed by atoms with Gasteiger partial charge in [-0.3, -0.25) is 9.59 Å². The first-order valence-electron chi connectivity index (χ1n) is 13.2. The van der Waals surface area contributed by atoms with Crippen LogP contribution in [0.5, 0.6) is 0 Å². The predicted molar refractivity (Wildman–Crippen MR) is 131 cm³/mol. The maximum absolute atomic E-state index is 14.1. The third-order valence-electron chi connectivity index (χ3n) is 9.59. The van der Waals surface area contributed by atoms with Gasteiger partial charge in [-0.1, -0.05) is 39.8 Å². The number of aldehydes is 1. The van der Waals surface area contributed by atoms with Crippen LogP contribution in [0.3, 0.4) is 0 Å². The molecule has 3 fully saturated rings. The van der Waals surface area contributed by atoms with Gasteiger partial charge in [-0.25, -0.2) is 0 Å². The van der Waals surface area contributed by atoms with Gasteiger partial charge in [0.1, 0.15) is 24.1 Å². The summed E-state index contributed by atoms with van der Waals surface area (Å²) in [6, 6.07) is 0. The largest absolute Gasteiger partial charge is 0.462 e. The van der Waals surface area contributed by atoms with E-state index in [-0.39, 0.29) is 35.3 Å². The summed E-state index contributed by atoms with van der Waals surface area (Å²) in [4.78, 5) is 37.4. The summed E-state index contributed by atoms with van der Waals surface area (Å²) in [5.41, 5.74) is -0.499. The van der Waals surface area contributed by atoms with Crippen LogP contribution in [0.1, 0.15) is 86.5 Å². The van der Waals surface area contributed by atoms with Crippen LogP contribution in [0.15, 0.2) is 23.8 Å². The van der Waals surface area contributed by atoms with Crippen LogP contribution < -0.4 is 0 Å². The first kappa shape index (κ1) is 25.3. The molecule has 188 valence electrons. The van der Waals surface area contributed by atoms with Crippen LogP contribution in [0.4, 0.5) is 0 Å². The highest BCUT2D eigenvalue weighted by Gasteiger charge is 2.74. The summed E-state index contributed by atoms with van der Waals surface area (Å²) in [6.07, 6.45) is 12.8. The molecule has 4 rings (SSSR count). The number of hydrogen-bond donors (Lipinski definition) is 0. The Labute approximate surface area is 204 Å². The minimum absolute atomic E-state index is 0.0707. The summed E-state index contributed by atoms with van der Waals surface area (Å²) in [7, 11) is 0. The second kappa shape index (κ2) is 9.04. The van der Waals surface area contributed by atoms with E-state index in [1.807, 2.05) is 6.92 Å². The van der Waals surface area contributed by atoms with Crippen LogP contribution in [0.2, 0.25) is 0 Å². The van der Waals surface area contributed by atoms with Crippen molar-refractivity contribution >= 4 is 18.0 Å². The molecule has 0 N–H and O–H groups in total. The van der Waals surface area contributed by atoms with Gasteiger partial charge in [0.05, 0.1) is 5.41 Å². The lowest BCUT2D eigenvalue weighted by molar-refractivity contribution is -0.153. The first-order valence-corrected chi connectivity index (χ1v) is 13.2. The lowest BCUT2D eigenvalue weighted by atomic mass is 9.55. The zero-order valence-electron chi connectivity index (χ0n) is 21.8. The Morgan fingerprint density at radius 1 is 1.24 bits per heavy atom. The SMILES string of the molecule is CC(=O)O[C@H]1CC[C@]2(C)C(=O)C([C@@H]3CC[C@H]([C@H](C)/C=C/CC(C)C)[C@@]3(C)CC=O)=C[C@@H]3O[C@@]32C1. The fraction of sp³-hybridized carbons (Fsp3) is 0.759. The molecule has 1 aliphatic heterocycles. The highest BCUT2D eigenvalue weighted by Crippen LogP contribution is 2.66. The van der Waals surface area contributed by atoms with E-state index >= 15 is 0 Å². The fourth-order valence-electron chi connectivity index (χ4n) is 7.58. The van der Waals surface area contributed by atoms with Crippen molar-refractivity contribution in [2.24, 2.45) is 34.5 Å². The Bertz CT molecular complexity index is 902. The Morgan fingerprint density at radius 2 is 1.97 bits per heavy atom. The van der Waals surface area contributed by atoms with Gasteiger partial charge in [0, 0.05) is 19.8 Å². The van der Waals surface area contributed by atoms with Gasteiger partial charge in [0.2, 0.25) is 0 Å². The fourth-order valence-corrected chi connectivity index (χ4v) is 7.58. The molecule has 0 amide bonds. The van der Waals surface area contributed by atoms with Gasteiger partial charge >= 0.3 is 5.97 Å². The molecule has 8 atom stereocenters. The van der Waals surface area contributed by atoms with Crippen molar-refractivity contribution in [3.8, 4) is 0 Å². The maximum Gasteiger partial charge on any atom is 0.302 e. The molecule has 0 bridgehead atoms. The van der Waals surface area contributed by atoms with E-state index in [0.29, 0.717) is 43.4 Å². The number of Topliss-reactive ketones (excluding diaryl/α,β-unsaturated/α-hetero) is 1. The monoisotopic (exact) mass is 470 g/mol. The minimum atomic E-state index is -0.596. The minimum Gasteiger partial charge on any atom is -0.462 e. The van der Waals surface area contributed by atoms with Crippen LogP contribution in [0.25, 0.3) is 0 Å². The van der Waals surface area contributed by atoms with E-state index in [1.165, 1.54) is 6.92 Å². The van der Waals surface area contributed by atoms with Gasteiger partial charge in [-0.05, 0) is 79.8 Å². The number of esters is 1. The zero-order valence-corrected chi connectivity index (χ0v) is 21.8. The molecule has 0 aromatic rings. The number of carbonyl (C=O) groups is 3. The van der Waals surface area contributed by atoms with Crippen molar-refractivity contribution in [3.05, 3.63) is 23.8 Å². The van der Waals surface area contributed by atoms with Crippen molar-refractivity contribution in [2.75, 3.05) is 0 Å². The van der Waals surface area contributed by atoms with Crippen molar-refractivity contribution < 1.29 is 23.9 Å². The molecule has 1 heterocycles. The smallest absolute Gasteiger partial charge is 0.302 e. The molecule has 0 unspecified atom stereocenters. The van der Waals surface area contributed by atoms with Crippen molar-refractivity contribution in [1.82, 2.24) is 0 Å². The molecule has 0 aromatic carbocycles. The van der Waals surface area contributed by atoms with E-state index < -0.39 is 11.0 Å². The molecule has 5 heteroatoms. The maximum atomic E-state index is 14.1. The molecule has 0 radical (unpaired) electrons.